The highest BCUT2D eigenvalue weighted by Gasteiger charge is 2.17. The molecule has 0 spiro atoms. The first-order valence-corrected chi connectivity index (χ1v) is 4.20. The molecule has 1 N–H and O–H groups in total. The van der Waals surface area contributed by atoms with E-state index in [-0.39, 0.29) is 18.4 Å². The Bertz CT molecular complexity index is 183. The highest BCUT2D eigenvalue weighted by molar-refractivity contribution is 7.80. The molecule has 0 aliphatic rings. The van der Waals surface area contributed by atoms with Crippen molar-refractivity contribution in [3.8, 4) is 0 Å². The molecule has 0 radical (unpaired) electrons. The van der Waals surface area contributed by atoms with E-state index in [2.05, 4.69) is 12.6 Å². The number of carboxylic acids is 1. The minimum Gasteiger partial charge on any atom is -0.480 e. The number of carbonyl (C=O) groups is 2. The highest BCUT2D eigenvalue weighted by atomic mass is 32.1. The Morgan fingerprint density at radius 1 is 1.58 bits per heavy atom. The average molecular weight is 191 g/mol. The zero-order valence-electron chi connectivity index (χ0n) is 7.15. The van der Waals surface area contributed by atoms with E-state index in [0.717, 1.165) is 0 Å². The van der Waals surface area contributed by atoms with Crippen LogP contribution < -0.4 is 0 Å². The average Bonchev–Trinajstić information content (AvgIpc) is 2.00. The Morgan fingerprint density at radius 3 is 2.42 bits per heavy atom. The van der Waals surface area contributed by atoms with Gasteiger partial charge in [-0.1, -0.05) is 6.92 Å². The number of likely N-dealkylation sites (N-methyl/N-ethyl adjacent to an activating group) is 1. The van der Waals surface area contributed by atoms with Crippen molar-refractivity contribution in [3.63, 3.8) is 0 Å². The van der Waals surface area contributed by atoms with E-state index in [4.69, 9.17) is 5.11 Å². The van der Waals surface area contributed by atoms with Gasteiger partial charge in [-0.15, -0.1) is 0 Å². The lowest BCUT2D eigenvalue weighted by molar-refractivity contribution is -0.144. The molecule has 0 aromatic heterocycles. The molecule has 0 heterocycles. The molecule has 0 aliphatic heterocycles. The lowest BCUT2D eigenvalue weighted by atomic mass is 10.2. The van der Waals surface area contributed by atoms with Crippen molar-refractivity contribution in [3.05, 3.63) is 0 Å². The molecular weight excluding hydrogens is 178 g/mol. The lowest BCUT2D eigenvalue weighted by Gasteiger charge is -2.17. The maximum Gasteiger partial charge on any atom is 0.323 e. The Morgan fingerprint density at radius 2 is 2.08 bits per heavy atom. The highest BCUT2D eigenvalue weighted by Crippen LogP contribution is 2.01. The molecule has 0 fully saturated rings. The lowest BCUT2D eigenvalue weighted by Crippen LogP contribution is -2.36. The number of carbonyl (C=O) groups excluding carboxylic acids is 1. The van der Waals surface area contributed by atoms with Gasteiger partial charge in [0.25, 0.3) is 0 Å². The van der Waals surface area contributed by atoms with Crippen LogP contribution in [0.2, 0.25) is 0 Å². The van der Waals surface area contributed by atoms with Crippen LogP contribution in [0.5, 0.6) is 0 Å². The van der Waals surface area contributed by atoms with E-state index in [0.29, 0.717) is 5.75 Å². The molecule has 0 aliphatic carbocycles. The van der Waals surface area contributed by atoms with Gasteiger partial charge in [-0.05, 0) is 0 Å². The van der Waals surface area contributed by atoms with Crippen molar-refractivity contribution >= 4 is 24.5 Å². The number of rotatable bonds is 4. The third kappa shape index (κ3) is 3.61. The molecule has 0 aromatic carbocycles. The van der Waals surface area contributed by atoms with E-state index in [1.807, 2.05) is 0 Å². The fraction of sp³-hybridized carbons (Fsp3) is 0.714. The van der Waals surface area contributed by atoms with E-state index in [1.165, 1.54) is 11.9 Å². The first-order chi connectivity index (χ1) is 5.49. The second-order valence-electron chi connectivity index (χ2n) is 2.67. The van der Waals surface area contributed by atoms with Gasteiger partial charge in [0.05, 0.1) is 0 Å². The summed E-state index contributed by atoms with van der Waals surface area (Å²) in [5, 5.41) is 8.37. The van der Waals surface area contributed by atoms with Gasteiger partial charge in [0.1, 0.15) is 6.54 Å². The summed E-state index contributed by atoms with van der Waals surface area (Å²) in [4.78, 5) is 22.6. The molecule has 0 rings (SSSR count). The van der Waals surface area contributed by atoms with Crippen molar-refractivity contribution < 1.29 is 14.7 Å². The summed E-state index contributed by atoms with van der Waals surface area (Å²) in [5.41, 5.74) is 0. The van der Waals surface area contributed by atoms with Gasteiger partial charge >= 0.3 is 5.97 Å². The molecule has 1 unspecified atom stereocenters. The molecule has 1 amide bonds. The van der Waals surface area contributed by atoms with Gasteiger partial charge in [-0.3, -0.25) is 9.59 Å². The molecule has 1 atom stereocenters. The molecule has 5 heteroatoms. The van der Waals surface area contributed by atoms with Crippen LogP contribution in [0.4, 0.5) is 0 Å². The van der Waals surface area contributed by atoms with Crippen LogP contribution in [0, 0.1) is 5.92 Å². The normalized spacial score (nSPS) is 12.2. The van der Waals surface area contributed by atoms with Gasteiger partial charge in [-0.25, -0.2) is 0 Å². The predicted octanol–water partition coefficient (Wildman–Crippen LogP) is 0.0953. The third-order valence-electron chi connectivity index (χ3n) is 1.44. The van der Waals surface area contributed by atoms with E-state index in [1.54, 1.807) is 6.92 Å². The number of hydrogen-bond acceptors (Lipinski definition) is 3. The quantitative estimate of drug-likeness (QED) is 0.619. The van der Waals surface area contributed by atoms with Crippen molar-refractivity contribution in [2.45, 2.75) is 6.92 Å². The Hall–Kier alpha value is -0.710. The smallest absolute Gasteiger partial charge is 0.323 e. The van der Waals surface area contributed by atoms with E-state index in [9.17, 15) is 9.59 Å². The molecule has 4 nitrogen and oxygen atoms in total. The second-order valence-corrected chi connectivity index (χ2v) is 3.04. The van der Waals surface area contributed by atoms with Crippen LogP contribution in [-0.2, 0) is 9.59 Å². The van der Waals surface area contributed by atoms with Gasteiger partial charge < -0.3 is 10.0 Å². The predicted molar refractivity (Wildman–Crippen MR) is 48.3 cm³/mol. The summed E-state index contributed by atoms with van der Waals surface area (Å²) in [7, 11) is 1.47. The van der Waals surface area contributed by atoms with Gasteiger partial charge in [0.2, 0.25) is 5.91 Å². The van der Waals surface area contributed by atoms with Crippen LogP contribution in [0.3, 0.4) is 0 Å². The SMILES string of the molecule is CC(CS)C(=O)N(C)CC(=O)O. The molecular formula is C7H13NO3S. The number of aliphatic carboxylic acids is 1. The topological polar surface area (TPSA) is 57.6 Å². The van der Waals surface area contributed by atoms with Gasteiger partial charge in [0.15, 0.2) is 0 Å². The van der Waals surface area contributed by atoms with Crippen LogP contribution in [0.25, 0.3) is 0 Å². The summed E-state index contributed by atoms with van der Waals surface area (Å²) in [5.74, 6) is -0.981. The van der Waals surface area contributed by atoms with Crippen molar-refractivity contribution in [1.82, 2.24) is 4.90 Å². The molecule has 0 bridgehead atoms. The summed E-state index contributed by atoms with van der Waals surface area (Å²) >= 11 is 3.95. The monoisotopic (exact) mass is 191 g/mol. The van der Waals surface area contributed by atoms with E-state index >= 15 is 0 Å². The molecule has 70 valence electrons. The summed E-state index contributed by atoms with van der Waals surface area (Å²) < 4.78 is 0. The molecule has 0 saturated heterocycles. The Balaban J connectivity index is 4.01. The second kappa shape index (κ2) is 5.03. The maximum atomic E-state index is 11.2. The molecule has 0 aromatic rings. The van der Waals surface area contributed by atoms with E-state index < -0.39 is 5.97 Å². The number of amides is 1. The minimum absolute atomic E-state index is 0.188. The fourth-order valence-corrected chi connectivity index (χ4v) is 0.891. The molecule has 12 heavy (non-hydrogen) atoms. The number of nitrogens with zero attached hydrogens (tertiary/aromatic N) is 1. The van der Waals surface area contributed by atoms with Crippen molar-refractivity contribution in [2.75, 3.05) is 19.3 Å². The number of hydrogen-bond donors (Lipinski definition) is 2. The van der Waals surface area contributed by atoms with Crippen molar-refractivity contribution in [1.29, 1.82) is 0 Å². The molecule has 0 saturated carbocycles. The van der Waals surface area contributed by atoms with Gasteiger partial charge in [0, 0.05) is 18.7 Å². The van der Waals surface area contributed by atoms with Crippen LogP contribution in [0.1, 0.15) is 6.92 Å². The number of carboxylic acid groups (broad SMARTS) is 1. The minimum atomic E-state index is -1.00. The zero-order chi connectivity index (χ0) is 9.72. The Labute approximate surface area is 77.0 Å². The number of thiol groups is 1. The van der Waals surface area contributed by atoms with Gasteiger partial charge in [-0.2, -0.15) is 12.6 Å². The van der Waals surface area contributed by atoms with Crippen LogP contribution in [-0.4, -0.2) is 41.2 Å². The first-order valence-electron chi connectivity index (χ1n) is 3.56. The van der Waals surface area contributed by atoms with Crippen LogP contribution in [0.15, 0.2) is 0 Å². The summed E-state index contributed by atoms with van der Waals surface area (Å²) in [6.07, 6.45) is 0. The van der Waals surface area contributed by atoms with Crippen LogP contribution >= 0.6 is 12.6 Å². The standard InChI is InChI=1S/C7H13NO3S/c1-5(4-12)7(11)8(2)3-6(9)10/h5,12H,3-4H2,1-2H3,(H,9,10). The summed E-state index contributed by atoms with van der Waals surface area (Å²) in [6.45, 7) is 1.46. The zero-order valence-corrected chi connectivity index (χ0v) is 8.04. The largest absolute Gasteiger partial charge is 0.480 e. The van der Waals surface area contributed by atoms with Crippen molar-refractivity contribution in [2.24, 2.45) is 5.92 Å². The first kappa shape index (κ1) is 11.3. The Kier molecular flexibility index (Phi) is 4.73. The third-order valence-corrected chi connectivity index (χ3v) is 1.99. The summed E-state index contributed by atoms with van der Waals surface area (Å²) in [6, 6.07) is 0. The fourth-order valence-electron chi connectivity index (χ4n) is 0.735. The maximum absolute atomic E-state index is 11.2.